The minimum absolute atomic E-state index is 0.160. The summed E-state index contributed by atoms with van der Waals surface area (Å²) in [5.41, 5.74) is 1.96. The summed E-state index contributed by atoms with van der Waals surface area (Å²) < 4.78 is 0.908. The number of hydrogen-bond acceptors (Lipinski definition) is 2. The highest BCUT2D eigenvalue weighted by Crippen LogP contribution is 2.25. The minimum Gasteiger partial charge on any atom is -0.336 e. The molecule has 2 fully saturated rings. The Morgan fingerprint density at radius 2 is 1.81 bits per heavy atom. The van der Waals surface area contributed by atoms with Gasteiger partial charge in [-0.3, -0.25) is 9.69 Å². The number of halogens is 1. The van der Waals surface area contributed by atoms with E-state index in [0.29, 0.717) is 0 Å². The SMILES string of the molecule is Cc1ccc(C(=O)N2CCN(C3CCCC3)CC2)c(Br)c1. The van der Waals surface area contributed by atoms with Crippen LogP contribution in [0.3, 0.4) is 0 Å². The van der Waals surface area contributed by atoms with Crippen molar-refractivity contribution in [3.05, 3.63) is 33.8 Å². The summed E-state index contributed by atoms with van der Waals surface area (Å²) in [5.74, 6) is 0.160. The molecule has 3 nitrogen and oxygen atoms in total. The molecule has 0 aromatic heterocycles. The van der Waals surface area contributed by atoms with E-state index in [4.69, 9.17) is 0 Å². The number of hydrogen-bond donors (Lipinski definition) is 0. The molecule has 21 heavy (non-hydrogen) atoms. The van der Waals surface area contributed by atoms with Crippen molar-refractivity contribution in [1.82, 2.24) is 9.80 Å². The first-order valence-corrected chi connectivity index (χ1v) is 8.74. The van der Waals surface area contributed by atoms with Crippen molar-refractivity contribution in [1.29, 1.82) is 0 Å². The van der Waals surface area contributed by atoms with Crippen molar-refractivity contribution in [2.75, 3.05) is 26.2 Å². The lowest BCUT2D eigenvalue weighted by molar-refractivity contribution is 0.0572. The highest BCUT2D eigenvalue weighted by Gasteiger charge is 2.28. The van der Waals surface area contributed by atoms with Crippen molar-refractivity contribution in [2.24, 2.45) is 0 Å². The lowest BCUT2D eigenvalue weighted by atomic mass is 10.1. The molecule has 0 unspecified atom stereocenters. The van der Waals surface area contributed by atoms with Crippen LogP contribution in [0, 0.1) is 6.92 Å². The van der Waals surface area contributed by atoms with Crippen LogP contribution in [0.2, 0.25) is 0 Å². The molecule has 1 aromatic carbocycles. The highest BCUT2D eigenvalue weighted by molar-refractivity contribution is 9.10. The number of aryl methyl sites for hydroxylation is 1. The van der Waals surface area contributed by atoms with E-state index in [1.807, 2.05) is 30.0 Å². The molecule has 3 rings (SSSR count). The van der Waals surface area contributed by atoms with Gasteiger partial charge in [-0.1, -0.05) is 18.9 Å². The van der Waals surface area contributed by atoms with Crippen LogP contribution in [0.1, 0.15) is 41.6 Å². The van der Waals surface area contributed by atoms with Gasteiger partial charge >= 0.3 is 0 Å². The number of amides is 1. The van der Waals surface area contributed by atoms with Crippen LogP contribution in [0.4, 0.5) is 0 Å². The first-order chi connectivity index (χ1) is 10.1. The maximum Gasteiger partial charge on any atom is 0.255 e. The van der Waals surface area contributed by atoms with Crippen LogP contribution in [-0.4, -0.2) is 47.9 Å². The zero-order valence-corrected chi connectivity index (χ0v) is 14.2. The molecular formula is C17H23BrN2O. The molecule has 1 saturated carbocycles. The average Bonchev–Trinajstić information content (AvgIpc) is 3.01. The summed E-state index contributed by atoms with van der Waals surface area (Å²) in [5, 5.41) is 0. The first kappa shape index (κ1) is 15.0. The topological polar surface area (TPSA) is 23.6 Å². The summed E-state index contributed by atoms with van der Waals surface area (Å²) >= 11 is 3.52. The van der Waals surface area contributed by atoms with E-state index in [9.17, 15) is 4.79 Å². The van der Waals surface area contributed by atoms with Gasteiger partial charge in [-0.05, 0) is 53.4 Å². The van der Waals surface area contributed by atoms with Gasteiger partial charge in [-0.2, -0.15) is 0 Å². The Kier molecular flexibility index (Phi) is 4.65. The molecule has 2 aliphatic rings. The molecular weight excluding hydrogens is 328 g/mol. The molecule has 0 N–H and O–H groups in total. The second kappa shape index (κ2) is 6.49. The van der Waals surface area contributed by atoms with E-state index in [1.54, 1.807) is 0 Å². The Morgan fingerprint density at radius 3 is 2.43 bits per heavy atom. The van der Waals surface area contributed by atoms with Gasteiger partial charge in [-0.15, -0.1) is 0 Å². The average molecular weight is 351 g/mol. The van der Waals surface area contributed by atoms with E-state index in [1.165, 1.54) is 31.2 Å². The van der Waals surface area contributed by atoms with Crippen LogP contribution in [0.25, 0.3) is 0 Å². The number of benzene rings is 1. The predicted molar refractivity (Wildman–Crippen MR) is 88.6 cm³/mol. The maximum atomic E-state index is 12.6. The van der Waals surface area contributed by atoms with Gasteiger partial charge in [0.25, 0.3) is 5.91 Å². The molecule has 0 spiro atoms. The van der Waals surface area contributed by atoms with Crippen molar-refractivity contribution in [2.45, 2.75) is 38.6 Å². The van der Waals surface area contributed by atoms with Crippen LogP contribution in [0.5, 0.6) is 0 Å². The molecule has 0 radical (unpaired) electrons. The van der Waals surface area contributed by atoms with Gasteiger partial charge in [0.05, 0.1) is 5.56 Å². The standard InChI is InChI=1S/C17H23BrN2O/c1-13-6-7-15(16(18)12-13)17(21)20-10-8-19(9-11-20)14-4-2-3-5-14/h6-7,12,14H,2-5,8-11H2,1H3. The second-order valence-electron chi connectivity index (χ2n) is 6.25. The molecule has 1 aromatic rings. The molecule has 0 atom stereocenters. The van der Waals surface area contributed by atoms with E-state index in [-0.39, 0.29) is 5.91 Å². The lowest BCUT2D eigenvalue weighted by Crippen LogP contribution is -2.51. The van der Waals surface area contributed by atoms with Crippen molar-refractivity contribution in [3.8, 4) is 0 Å². The number of carbonyl (C=O) groups is 1. The van der Waals surface area contributed by atoms with Gasteiger partial charge in [0.15, 0.2) is 0 Å². The molecule has 1 aliphatic heterocycles. The quantitative estimate of drug-likeness (QED) is 0.815. The normalized spacial score (nSPS) is 21.0. The Labute approximate surface area is 135 Å². The molecule has 0 bridgehead atoms. The van der Waals surface area contributed by atoms with Gasteiger partial charge in [0.2, 0.25) is 0 Å². The largest absolute Gasteiger partial charge is 0.336 e. The van der Waals surface area contributed by atoms with Crippen molar-refractivity contribution >= 4 is 21.8 Å². The van der Waals surface area contributed by atoms with E-state index < -0.39 is 0 Å². The molecule has 1 amide bonds. The number of carbonyl (C=O) groups excluding carboxylic acids is 1. The third-order valence-corrected chi connectivity index (χ3v) is 5.45. The molecule has 114 valence electrons. The minimum atomic E-state index is 0.160. The first-order valence-electron chi connectivity index (χ1n) is 7.94. The van der Waals surface area contributed by atoms with Gasteiger partial charge in [0, 0.05) is 36.7 Å². The maximum absolute atomic E-state index is 12.6. The predicted octanol–water partition coefficient (Wildman–Crippen LogP) is 3.46. The van der Waals surface area contributed by atoms with Gasteiger partial charge in [-0.25, -0.2) is 0 Å². The Hall–Kier alpha value is -0.870. The third kappa shape index (κ3) is 3.32. The summed E-state index contributed by atoms with van der Waals surface area (Å²) in [4.78, 5) is 17.2. The van der Waals surface area contributed by atoms with Crippen LogP contribution in [0.15, 0.2) is 22.7 Å². The van der Waals surface area contributed by atoms with Crippen LogP contribution < -0.4 is 0 Å². The lowest BCUT2D eigenvalue weighted by Gasteiger charge is -2.38. The fourth-order valence-corrected chi connectivity index (χ4v) is 4.19. The number of piperazine rings is 1. The fraction of sp³-hybridized carbons (Fsp3) is 0.588. The zero-order chi connectivity index (χ0) is 14.8. The summed E-state index contributed by atoms with van der Waals surface area (Å²) in [6.45, 7) is 5.81. The van der Waals surface area contributed by atoms with Crippen molar-refractivity contribution in [3.63, 3.8) is 0 Å². The summed E-state index contributed by atoms with van der Waals surface area (Å²) in [6.07, 6.45) is 5.44. The Balaban J connectivity index is 1.62. The molecule has 1 saturated heterocycles. The second-order valence-corrected chi connectivity index (χ2v) is 7.10. The number of rotatable bonds is 2. The summed E-state index contributed by atoms with van der Waals surface area (Å²) in [7, 11) is 0. The van der Waals surface area contributed by atoms with E-state index >= 15 is 0 Å². The molecule has 1 aliphatic carbocycles. The van der Waals surface area contributed by atoms with E-state index in [0.717, 1.165) is 42.3 Å². The van der Waals surface area contributed by atoms with E-state index in [2.05, 4.69) is 20.8 Å². The highest BCUT2D eigenvalue weighted by atomic mass is 79.9. The third-order valence-electron chi connectivity index (χ3n) is 4.80. The van der Waals surface area contributed by atoms with Crippen LogP contribution >= 0.6 is 15.9 Å². The number of nitrogens with zero attached hydrogens (tertiary/aromatic N) is 2. The summed E-state index contributed by atoms with van der Waals surface area (Å²) in [6, 6.07) is 6.73. The monoisotopic (exact) mass is 350 g/mol. The molecule has 1 heterocycles. The Bertz CT molecular complexity index is 518. The zero-order valence-electron chi connectivity index (χ0n) is 12.6. The molecule has 4 heteroatoms. The van der Waals surface area contributed by atoms with Gasteiger partial charge < -0.3 is 4.90 Å². The van der Waals surface area contributed by atoms with Gasteiger partial charge in [0.1, 0.15) is 0 Å². The smallest absolute Gasteiger partial charge is 0.255 e. The Morgan fingerprint density at radius 1 is 1.14 bits per heavy atom. The van der Waals surface area contributed by atoms with Crippen LogP contribution in [-0.2, 0) is 0 Å². The van der Waals surface area contributed by atoms with Crippen molar-refractivity contribution < 1.29 is 4.79 Å². The fourth-order valence-electron chi connectivity index (χ4n) is 3.52.